The van der Waals surface area contributed by atoms with E-state index in [0.29, 0.717) is 6.04 Å². The third-order valence-electron chi connectivity index (χ3n) is 3.25. The molecule has 4 heteroatoms. The number of aliphatic hydroxyl groups is 1. The van der Waals surface area contributed by atoms with Gasteiger partial charge in [0, 0.05) is 12.7 Å². The molecule has 1 aliphatic heterocycles. The molecular weight excluding hydrogens is 216 g/mol. The van der Waals surface area contributed by atoms with Crippen LogP contribution in [0.5, 0.6) is 0 Å². The van der Waals surface area contributed by atoms with Crippen molar-refractivity contribution < 1.29 is 9.84 Å². The van der Waals surface area contributed by atoms with Gasteiger partial charge in [0.25, 0.3) is 0 Å². The van der Waals surface area contributed by atoms with Crippen molar-refractivity contribution in [2.45, 2.75) is 32.4 Å². The lowest BCUT2D eigenvalue weighted by Gasteiger charge is -2.36. The van der Waals surface area contributed by atoms with Crippen molar-refractivity contribution in [2.75, 3.05) is 24.7 Å². The fourth-order valence-corrected chi connectivity index (χ4v) is 2.11. The standard InChI is InChI=1S/C13H20N2O2/c1-3-12-9-17-7-6-15(12)13-5-4-11(8-14-13)10(2)16/h4-5,8,10,12,16H,3,6-7,9H2,1-2H3. The summed E-state index contributed by atoms with van der Waals surface area (Å²) >= 11 is 0. The van der Waals surface area contributed by atoms with Crippen LogP contribution in [0.2, 0.25) is 0 Å². The van der Waals surface area contributed by atoms with Crippen LogP contribution in [-0.4, -0.2) is 35.9 Å². The number of morpholine rings is 1. The molecule has 0 amide bonds. The Morgan fingerprint density at radius 1 is 1.59 bits per heavy atom. The predicted molar refractivity (Wildman–Crippen MR) is 67.1 cm³/mol. The molecule has 1 fully saturated rings. The lowest BCUT2D eigenvalue weighted by atomic mass is 10.1. The second kappa shape index (κ2) is 5.47. The van der Waals surface area contributed by atoms with Gasteiger partial charge >= 0.3 is 0 Å². The molecule has 0 radical (unpaired) electrons. The minimum Gasteiger partial charge on any atom is -0.389 e. The average molecular weight is 236 g/mol. The monoisotopic (exact) mass is 236 g/mol. The number of hydrogen-bond acceptors (Lipinski definition) is 4. The molecule has 2 heterocycles. The van der Waals surface area contributed by atoms with Crippen LogP contribution >= 0.6 is 0 Å². The fraction of sp³-hybridized carbons (Fsp3) is 0.615. The summed E-state index contributed by atoms with van der Waals surface area (Å²) < 4.78 is 5.48. The number of aliphatic hydroxyl groups excluding tert-OH is 1. The lowest BCUT2D eigenvalue weighted by molar-refractivity contribution is 0.0925. The number of pyridine rings is 1. The summed E-state index contributed by atoms with van der Waals surface area (Å²) in [6, 6.07) is 4.33. The van der Waals surface area contributed by atoms with Crippen molar-refractivity contribution in [3.63, 3.8) is 0 Å². The van der Waals surface area contributed by atoms with E-state index in [-0.39, 0.29) is 0 Å². The summed E-state index contributed by atoms with van der Waals surface area (Å²) in [6.07, 6.45) is 2.35. The van der Waals surface area contributed by atoms with Crippen molar-refractivity contribution in [1.29, 1.82) is 0 Å². The Labute approximate surface area is 102 Å². The van der Waals surface area contributed by atoms with Gasteiger partial charge in [0.05, 0.1) is 25.4 Å². The second-order valence-electron chi connectivity index (χ2n) is 4.46. The van der Waals surface area contributed by atoms with Crippen molar-refractivity contribution in [2.24, 2.45) is 0 Å². The summed E-state index contributed by atoms with van der Waals surface area (Å²) in [5.41, 5.74) is 0.857. The van der Waals surface area contributed by atoms with E-state index in [1.54, 1.807) is 13.1 Å². The molecule has 0 aromatic carbocycles. The van der Waals surface area contributed by atoms with Gasteiger partial charge in [-0.3, -0.25) is 0 Å². The Kier molecular flexibility index (Phi) is 3.97. The van der Waals surface area contributed by atoms with Gasteiger partial charge in [-0.15, -0.1) is 0 Å². The van der Waals surface area contributed by atoms with E-state index in [4.69, 9.17) is 4.74 Å². The van der Waals surface area contributed by atoms with Gasteiger partial charge in [-0.25, -0.2) is 4.98 Å². The number of hydrogen-bond donors (Lipinski definition) is 1. The third kappa shape index (κ3) is 2.76. The largest absolute Gasteiger partial charge is 0.389 e. The fourth-order valence-electron chi connectivity index (χ4n) is 2.11. The Morgan fingerprint density at radius 3 is 3.00 bits per heavy atom. The lowest BCUT2D eigenvalue weighted by Crippen LogP contribution is -2.45. The van der Waals surface area contributed by atoms with E-state index in [1.165, 1.54) is 0 Å². The first-order valence-corrected chi connectivity index (χ1v) is 6.20. The molecule has 1 aromatic rings. The minimum atomic E-state index is -0.455. The van der Waals surface area contributed by atoms with E-state index in [1.807, 2.05) is 12.1 Å². The normalized spacial score (nSPS) is 22.5. The molecule has 0 aliphatic carbocycles. The molecule has 94 valence electrons. The van der Waals surface area contributed by atoms with Crippen LogP contribution in [0.15, 0.2) is 18.3 Å². The highest BCUT2D eigenvalue weighted by Crippen LogP contribution is 2.20. The highest BCUT2D eigenvalue weighted by atomic mass is 16.5. The van der Waals surface area contributed by atoms with Crippen molar-refractivity contribution in [1.82, 2.24) is 4.98 Å². The molecule has 0 saturated carbocycles. The molecule has 17 heavy (non-hydrogen) atoms. The molecule has 0 spiro atoms. The third-order valence-corrected chi connectivity index (χ3v) is 3.25. The molecule has 1 aromatic heterocycles. The zero-order valence-electron chi connectivity index (χ0n) is 10.5. The number of rotatable bonds is 3. The summed E-state index contributed by atoms with van der Waals surface area (Å²) in [4.78, 5) is 6.72. The van der Waals surface area contributed by atoms with Gasteiger partial charge in [0.2, 0.25) is 0 Å². The molecule has 1 aliphatic rings. The van der Waals surface area contributed by atoms with Crippen molar-refractivity contribution in [3.8, 4) is 0 Å². The first-order chi connectivity index (χ1) is 8.22. The molecule has 2 atom stereocenters. The zero-order chi connectivity index (χ0) is 12.3. The number of anilines is 1. The first kappa shape index (κ1) is 12.3. The number of aromatic nitrogens is 1. The maximum Gasteiger partial charge on any atom is 0.128 e. The Hall–Kier alpha value is -1.13. The Bertz CT molecular complexity index is 351. The molecule has 0 bridgehead atoms. The summed E-state index contributed by atoms with van der Waals surface area (Å²) in [5.74, 6) is 0.976. The Morgan fingerprint density at radius 2 is 2.41 bits per heavy atom. The van der Waals surface area contributed by atoms with Gasteiger partial charge in [-0.05, 0) is 25.0 Å². The van der Waals surface area contributed by atoms with Crippen LogP contribution in [0.1, 0.15) is 31.9 Å². The Balaban J connectivity index is 2.15. The van der Waals surface area contributed by atoms with Crippen LogP contribution in [0.25, 0.3) is 0 Å². The van der Waals surface area contributed by atoms with Gasteiger partial charge < -0.3 is 14.7 Å². The van der Waals surface area contributed by atoms with Gasteiger partial charge in [-0.1, -0.05) is 13.0 Å². The van der Waals surface area contributed by atoms with Crippen LogP contribution in [-0.2, 0) is 4.74 Å². The summed E-state index contributed by atoms with van der Waals surface area (Å²) in [6.45, 7) is 6.34. The van der Waals surface area contributed by atoms with Gasteiger partial charge in [-0.2, -0.15) is 0 Å². The molecule has 2 rings (SSSR count). The smallest absolute Gasteiger partial charge is 0.128 e. The van der Waals surface area contributed by atoms with E-state index in [2.05, 4.69) is 16.8 Å². The van der Waals surface area contributed by atoms with Crippen LogP contribution in [0, 0.1) is 0 Å². The van der Waals surface area contributed by atoms with Crippen LogP contribution in [0.4, 0.5) is 5.82 Å². The molecule has 1 saturated heterocycles. The van der Waals surface area contributed by atoms with E-state index in [0.717, 1.165) is 37.6 Å². The van der Waals surface area contributed by atoms with E-state index < -0.39 is 6.10 Å². The quantitative estimate of drug-likeness (QED) is 0.868. The van der Waals surface area contributed by atoms with Crippen LogP contribution in [0.3, 0.4) is 0 Å². The average Bonchev–Trinajstić information content (AvgIpc) is 2.39. The highest BCUT2D eigenvalue weighted by Gasteiger charge is 2.22. The van der Waals surface area contributed by atoms with E-state index in [9.17, 15) is 5.11 Å². The van der Waals surface area contributed by atoms with Crippen LogP contribution < -0.4 is 4.90 Å². The zero-order valence-corrected chi connectivity index (χ0v) is 10.5. The molecule has 1 N–H and O–H groups in total. The second-order valence-corrected chi connectivity index (χ2v) is 4.46. The molecule has 2 unspecified atom stereocenters. The van der Waals surface area contributed by atoms with Gasteiger partial charge in [0.15, 0.2) is 0 Å². The minimum absolute atomic E-state index is 0.411. The summed E-state index contributed by atoms with van der Waals surface area (Å²) in [5, 5.41) is 9.45. The topological polar surface area (TPSA) is 45.6 Å². The number of nitrogens with zero attached hydrogens (tertiary/aromatic N) is 2. The highest BCUT2D eigenvalue weighted by molar-refractivity contribution is 5.41. The maximum absolute atomic E-state index is 9.45. The maximum atomic E-state index is 9.45. The number of ether oxygens (including phenoxy) is 1. The first-order valence-electron chi connectivity index (χ1n) is 6.20. The SMILES string of the molecule is CCC1COCCN1c1ccc(C(C)O)cn1. The molecular formula is C13H20N2O2. The molecule has 4 nitrogen and oxygen atoms in total. The van der Waals surface area contributed by atoms with E-state index >= 15 is 0 Å². The predicted octanol–water partition coefficient (Wildman–Crippen LogP) is 1.75. The van der Waals surface area contributed by atoms with Gasteiger partial charge in [0.1, 0.15) is 5.82 Å². The van der Waals surface area contributed by atoms with Crippen molar-refractivity contribution in [3.05, 3.63) is 23.9 Å². The summed E-state index contributed by atoms with van der Waals surface area (Å²) in [7, 11) is 0. The van der Waals surface area contributed by atoms with Crippen molar-refractivity contribution >= 4 is 5.82 Å².